The molecule has 1 fully saturated rings. The first-order valence-corrected chi connectivity index (χ1v) is 10.0. The van der Waals surface area contributed by atoms with Crippen LogP contribution in [0, 0.1) is 5.92 Å². The van der Waals surface area contributed by atoms with Crippen molar-refractivity contribution in [2.75, 3.05) is 10.2 Å². The number of nitrogens with two attached hydrogens (primary N) is 1. The molecule has 0 radical (unpaired) electrons. The number of benzene rings is 1. The molecule has 2 amide bonds. The number of amides is 2. The Labute approximate surface area is 165 Å². The summed E-state index contributed by atoms with van der Waals surface area (Å²) in [7, 11) is 0. The van der Waals surface area contributed by atoms with Crippen molar-refractivity contribution in [1.29, 1.82) is 0 Å². The van der Waals surface area contributed by atoms with E-state index in [1.54, 1.807) is 6.20 Å². The number of para-hydroxylation sites is 1. The van der Waals surface area contributed by atoms with Crippen molar-refractivity contribution in [2.24, 2.45) is 11.7 Å². The average Bonchev–Trinajstić information content (AvgIpc) is 3.14. The normalized spacial score (nSPS) is 20.5. The number of rotatable bonds is 4. The van der Waals surface area contributed by atoms with Gasteiger partial charge in [0.25, 0.3) is 0 Å². The zero-order valence-electron chi connectivity index (χ0n) is 15.9. The second-order valence-corrected chi connectivity index (χ2v) is 7.69. The highest BCUT2D eigenvalue weighted by Crippen LogP contribution is 2.33. The summed E-state index contributed by atoms with van der Waals surface area (Å²) in [6, 6.07) is 11.8. The molecule has 3 N–H and O–H groups in total. The number of carbonyl (C=O) groups excluding carboxylic acids is 2. The summed E-state index contributed by atoms with van der Waals surface area (Å²) in [5, 5.41) is 2.92. The zero-order valence-corrected chi connectivity index (χ0v) is 15.9. The minimum Gasteiger partial charge on any atom is -0.324 e. The van der Waals surface area contributed by atoms with Gasteiger partial charge in [-0.2, -0.15) is 0 Å². The van der Waals surface area contributed by atoms with Crippen molar-refractivity contribution in [2.45, 2.75) is 50.6 Å². The Balaban J connectivity index is 1.58. The fourth-order valence-corrected chi connectivity index (χ4v) is 4.32. The molecular weight excluding hydrogens is 352 g/mol. The van der Waals surface area contributed by atoms with Gasteiger partial charge in [-0.25, -0.2) is 4.98 Å². The van der Waals surface area contributed by atoms with E-state index < -0.39 is 12.1 Å². The Morgan fingerprint density at radius 2 is 1.82 bits per heavy atom. The summed E-state index contributed by atoms with van der Waals surface area (Å²) in [5.74, 6) is 0.324. The number of hydrogen-bond donors (Lipinski definition) is 2. The van der Waals surface area contributed by atoms with Gasteiger partial charge in [0.2, 0.25) is 11.8 Å². The van der Waals surface area contributed by atoms with Crippen LogP contribution in [0.15, 0.2) is 48.7 Å². The van der Waals surface area contributed by atoms with Gasteiger partial charge in [0.1, 0.15) is 11.9 Å². The lowest BCUT2D eigenvalue weighted by molar-refractivity contribution is -0.125. The van der Waals surface area contributed by atoms with Gasteiger partial charge >= 0.3 is 0 Å². The molecule has 4 rings (SSSR count). The number of nitrogens with one attached hydrogen (secondary N) is 1. The highest BCUT2D eigenvalue weighted by atomic mass is 16.2. The first-order chi connectivity index (χ1) is 13.6. The maximum absolute atomic E-state index is 13.4. The van der Waals surface area contributed by atoms with E-state index in [1.807, 2.05) is 42.5 Å². The molecule has 0 saturated heterocycles. The van der Waals surface area contributed by atoms with Crippen LogP contribution in [0.1, 0.15) is 37.7 Å². The second kappa shape index (κ2) is 8.10. The first kappa shape index (κ1) is 18.6. The average molecular weight is 378 g/mol. The predicted molar refractivity (Wildman–Crippen MR) is 109 cm³/mol. The molecule has 146 valence electrons. The lowest BCUT2D eigenvalue weighted by Gasteiger charge is -2.32. The van der Waals surface area contributed by atoms with Crippen molar-refractivity contribution in [3.05, 3.63) is 54.2 Å². The Kier molecular flexibility index (Phi) is 5.39. The number of nitrogens with zero attached hydrogens (tertiary/aromatic N) is 2. The van der Waals surface area contributed by atoms with Gasteiger partial charge < -0.3 is 11.1 Å². The second-order valence-electron chi connectivity index (χ2n) is 7.69. The highest BCUT2D eigenvalue weighted by molar-refractivity contribution is 6.08. The van der Waals surface area contributed by atoms with Gasteiger partial charge in [0.15, 0.2) is 0 Å². The lowest BCUT2D eigenvalue weighted by Crippen LogP contribution is -2.54. The van der Waals surface area contributed by atoms with Crippen LogP contribution in [-0.4, -0.2) is 28.9 Å². The fourth-order valence-electron chi connectivity index (χ4n) is 4.32. The molecule has 28 heavy (non-hydrogen) atoms. The Morgan fingerprint density at radius 3 is 2.57 bits per heavy atom. The standard InChI is InChI=1S/C22H26N4O2/c23-19(15-8-3-1-4-9-15)22(28)26-18(14-16-10-7-13-24-20(16)26)21(27)25-17-11-5-2-6-12-17/h2,5-7,10-13,15,18-19H,1,3-4,8-9,14,23H2,(H,25,27)/t18-,19+/m1/s1. The van der Waals surface area contributed by atoms with E-state index in [-0.39, 0.29) is 17.7 Å². The minimum absolute atomic E-state index is 0.173. The number of carbonyl (C=O) groups is 2. The van der Waals surface area contributed by atoms with Crippen LogP contribution < -0.4 is 16.0 Å². The number of pyridine rings is 1. The van der Waals surface area contributed by atoms with Crippen molar-refractivity contribution < 1.29 is 9.59 Å². The Hall–Kier alpha value is -2.73. The first-order valence-electron chi connectivity index (χ1n) is 10.0. The summed E-state index contributed by atoms with van der Waals surface area (Å²) in [6.45, 7) is 0. The van der Waals surface area contributed by atoms with Gasteiger partial charge in [0, 0.05) is 18.3 Å². The monoisotopic (exact) mass is 378 g/mol. The van der Waals surface area contributed by atoms with Crippen LogP contribution in [0.4, 0.5) is 11.5 Å². The molecule has 0 unspecified atom stereocenters. The van der Waals surface area contributed by atoms with Gasteiger partial charge in [0.05, 0.1) is 6.04 Å². The number of fused-ring (bicyclic) bond motifs is 1. The van der Waals surface area contributed by atoms with Crippen molar-refractivity contribution in [1.82, 2.24) is 4.98 Å². The molecule has 1 saturated carbocycles. The molecule has 1 aliphatic carbocycles. The molecule has 0 spiro atoms. The van der Waals surface area contributed by atoms with Gasteiger partial charge in [-0.1, -0.05) is 43.5 Å². The third-order valence-corrected chi connectivity index (χ3v) is 5.84. The van der Waals surface area contributed by atoms with Crippen molar-refractivity contribution >= 4 is 23.3 Å². The van der Waals surface area contributed by atoms with Crippen molar-refractivity contribution in [3.63, 3.8) is 0 Å². The van der Waals surface area contributed by atoms with Crippen LogP contribution in [0.2, 0.25) is 0 Å². The topological polar surface area (TPSA) is 88.3 Å². The summed E-state index contributed by atoms with van der Waals surface area (Å²) in [4.78, 5) is 32.3. The molecule has 2 heterocycles. The SMILES string of the molecule is N[C@H](C(=O)N1c2ncccc2C[C@@H]1C(=O)Nc1ccccc1)C1CCCCC1. The number of aromatic nitrogens is 1. The molecule has 1 aliphatic heterocycles. The van der Waals surface area contributed by atoms with Crippen LogP contribution in [-0.2, 0) is 16.0 Å². The summed E-state index contributed by atoms with van der Waals surface area (Å²) in [6.07, 6.45) is 7.46. The quantitative estimate of drug-likeness (QED) is 0.856. The summed E-state index contributed by atoms with van der Waals surface area (Å²) in [5.41, 5.74) is 8.00. The van der Waals surface area contributed by atoms with E-state index in [1.165, 1.54) is 11.3 Å². The van der Waals surface area contributed by atoms with E-state index in [4.69, 9.17) is 5.73 Å². The molecule has 0 bridgehead atoms. The smallest absolute Gasteiger partial charge is 0.247 e. The van der Waals surface area contributed by atoms with E-state index in [0.717, 1.165) is 31.2 Å². The maximum Gasteiger partial charge on any atom is 0.247 e. The van der Waals surface area contributed by atoms with Crippen molar-refractivity contribution in [3.8, 4) is 0 Å². The van der Waals surface area contributed by atoms with E-state index in [2.05, 4.69) is 10.3 Å². The fraction of sp³-hybridized carbons (Fsp3) is 0.409. The maximum atomic E-state index is 13.4. The number of anilines is 2. The molecule has 6 heteroatoms. The van der Waals surface area contributed by atoms with Crippen LogP contribution in [0.3, 0.4) is 0 Å². The van der Waals surface area contributed by atoms with E-state index in [0.29, 0.717) is 17.9 Å². The Morgan fingerprint density at radius 1 is 1.07 bits per heavy atom. The molecule has 2 aliphatic rings. The van der Waals surface area contributed by atoms with E-state index in [9.17, 15) is 9.59 Å². The van der Waals surface area contributed by atoms with Gasteiger partial charge in [-0.05, 0) is 42.5 Å². The van der Waals surface area contributed by atoms with E-state index >= 15 is 0 Å². The Bertz CT molecular complexity index is 849. The molecule has 1 aromatic carbocycles. The van der Waals surface area contributed by atoms with Crippen LogP contribution in [0.5, 0.6) is 0 Å². The van der Waals surface area contributed by atoms with Gasteiger partial charge in [-0.3, -0.25) is 14.5 Å². The molecule has 2 atom stereocenters. The molecule has 6 nitrogen and oxygen atoms in total. The van der Waals surface area contributed by atoms with Crippen LogP contribution >= 0.6 is 0 Å². The summed E-state index contributed by atoms with van der Waals surface area (Å²) >= 11 is 0. The lowest BCUT2D eigenvalue weighted by atomic mass is 9.83. The zero-order chi connectivity index (χ0) is 19.5. The number of hydrogen-bond acceptors (Lipinski definition) is 4. The molecule has 1 aromatic heterocycles. The van der Waals surface area contributed by atoms with Crippen LogP contribution in [0.25, 0.3) is 0 Å². The molecule has 2 aromatic rings. The van der Waals surface area contributed by atoms with Gasteiger partial charge in [-0.15, -0.1) is 0 Å². The molecular formula is C22H26N4O2. The third kappa shape index (κ3) is 3.64. The largest absolute Gasteiger partial charge is 0.324 e. The predicted octanol–water partition coefficient (Wildman–Crippen LogP) is 2.89. The third-order valence-electron chi connectivity index (χ3n) is 5.84. The summed E-state index contributed by atoms with van der Waals surface area (Å²) < 4.78 is 0. The highest BCUT2D eigenvalue weighted by Gasteiger charge is 2.42. The minimum atomic E-state index is -0.632.